The number of amides is 1. The maximum Gasteiger partial charge on any atom is 0.247 e. The topological polar surface area (TPSA) is 46.6 Å². The van der Waals surface area contributed by atoms with Gasteiger partial charge in [0.1, 0.15) is 17.1 Å². The summed E-state index contributed by atoms with van der Waals surface area (Å²) in [5.74, 6) is 1.75. The van der Waals surface area contributed by atoms with Crippen LogP contribution in [0.4, 0.5) is 0 Å². The number of hydrogen-bond donors (Lipinski definition) is 0. The third-order valence-corrected chi connectivity index (χ3v) is 4.60. The second-order valence-corrected chi connectivity index (χ2v) is 6.40. The van der Waals surface area contributed by atoms with Crippen LogP contribution < -0.4 is 0 Å². The fourth-order valence-electron chi connectivity index (χ4n) is 3.16. The molecule has 4 rings (SSSR count). The molecule has 2 aromatic heterocycles. The quantitative estimate of drug-likeness (QED) is 0.608. The van der Waals surface area contributed by atoms with Gasteiger partial charge in [0.2, 0.25) is 5.91 Å². The summed E-state index contributed by atoms with van der Waals surface area (Å²) in [6, 6.07) is 12.0. The van der Waals surface area contributed by atoms with Crippen LogP contribution in [0.15, 0.2) is 57.6 Å². The zero-order valence-electron chi connectivity index (χ0n) is 14.3. The van der Waals surface area contributed by atoms with Crippen molar-refractivity contribution in [2.24, 2.45) is 0 Å². The predicted molar refractivity (Wildman–Crippen MR) is 96.9 cm³/mol. The molecule has 1 aliphatic rings. The van der Waals surface area contributed by atoms with Gasteiger partial charge in [0.05, 0.1) is 12.8 Å². The van der Waals surface area contributed by atoms with Crippen molar-refractivity contribution in [1.29, 1.82) is 0 Å². The number of fused-ring (bicyclic) bond motifs is 1. The van der Waals surface area contributed by atoms with Crippen LogP contribution in [0.5, 0.6) is 0 Å². The lowest BCUT2D eigenvalue weighted by molar-refractivity contribution is -0.127. The molecule has 1 fully saturated rings. The SMILES string of the molecule is CCc1oc2ccccc2c1/C=C/C(=O)N(Cc1ccco1)C1CC1. The van der Waals surface area contributed by atoms with Gasteiger partial charge in [0.25, 0.3) is 0 Å². The van der Waals surface area contributed by atoms with Gasteiger partial charge in [-0.05, 0) is 37.1 Å². The van der Waals surface area contributed by atoms with Crippen LogP contribution in [-0.4, -0.2) is 16.8 Å². The van der Waals surface area contributed by atoms with Crippen molar-refractivity contribution in [3.8, 4) is 0 Å². The third-order valence-electron chi connectivity index (χ3n) is 4.60. The number of furan rings is 2. The minimum absolute atomic E-state index is 0.0197. The minimum atomic E-state index is 0.0197. The van der Waals surface area contributed by atoms with E-state index in [1.54, 1.807) is 12.3 Å². The highest BCUT2D eigenvalue weighted by Gasteiger charge is 2.32. The highest BCUT2D eigenvalue weighted by Crippen LogP contribution is 2.30. The molecule has 1 aliphatic carbocycles. The van der Waals surface area contributed by atoms with Crippen molar-refractivity contribution in [2.45, 2.75) is 38.8 Å². The fraction of sp³-hybridized carbons (Fsp3) is 0.286. The lowest BCUT2D eigenvalue weighted by Gasteiger charge is -2.19. The van der Waals surface area contributed by atoms with Crippen LogP contribution in [0.3, 0.4) is 0 Å². The van der Waals surface area contributed by atoms with E-state index in [-0.39, 0.29) is 5.91 Å². The monoisotopic (exact) mass is 335 g/mol. The molecule has 0 spiro atoms. The zero-order chi connectivity index (χ0) is 17.2. The van der Waals surface area contributed by atoms with Gasteiger partial charge in [-0.15, -0.1) is 0 Å². The number of hydrogen-bond acceptors (Lipinski definition) is 3. The van der Waals surface area contributed by atoms with Crippen molar-refractivity contribution in [2.75, 3.05) is 0 Å². The van der Waals surface area contributed by atoms with E-state index in [0.717, 1.165) is 47.3 Å². The van der Waals surface area contributed by atoms with E-state index in [9.17, 15) is 4.79 Å². The molecule has 1 amide bonds. The van der Waals surface area contributed by atoms with Crippen LogP contribution in [0.25, 0.3) is 17.0 Å². The number of aryl methyl sites for hydroxylation is 1. The van der Waals surface area contributed by atoms with Gasteiger partial charge in [-0.3, -0.25) is 4.79 Å². The molecule has 2 heterocycles. The maximum atomic E-state index is 12.7. The molecule has 0 radical (unpaired) electrons. The van der Waals surface area contributed by atoms with Crippen molar-refractivity contribution in [3.63, 3.8) is 0 Å². The van der Waals surface area contributed by atoms with E-state index in [0.29, 0.717) is 12.6 Å². The van der Waals surface area contributed by atoms with Gasteiger partial charge in [-0.1, -0.05) is 25.1 Å². The summed E-state index contributed by atoms with van der Waals surface area (Å²) >= 11 is 0. The first-order valence-electron chi connectivity index (χ1n) is 8.77. The number of rotatable bonds is 6. The predicted octanol–water partition coefficient (Wildman–Crippen LogP) is 4.79. The van der Waals surface area contributed by atoms with Gasteiger partial charge in [-0.2, -0.15) is 0 Å². The van der Waals surface area contributed by atoms with E-state index in [2.05, 4.69) is 6.92 Å². The molecule has 0 N–H and O–H groups in total. The Morgan fingerprint density at radius 3 is 2.80 bits per heavy atom. The molecule has 1 aromatic carbocycles. The van der Waals surface area contributed by atoms with Crippen molar-refractivity contribution in [3.05, 3.63) is 65.8 Å². The molecule has 0 atom stereocenters. The van der Waals surface area contributed by atoms with Crippen LogP contribution in [0.2, 0.25) is 0 Å². The van der Waals surface area contributed by atoms with E-state index < -0.39 is 0 Å². The van der Waals surface area contributed by atoms with Crippen LogP contribution in [-0.2, 0) is 17.8 Å². The lowest BCUT2D eigenvalue weighted by Crippen LogP contribution is -2.30. The molecule has 0 unspecified atom stereocenters. The number of benzene rings is 1. The molecule has 0 aliphatic heterocycles. The van der Waals surface area contributed by atoms with E-state index in [1.165, 1.54) is 0 Å². The Hall–Kier alpha value is -2.75. The molecule has 4 nitrogen and oxygen atoms in total. The van der Waals surface area contributed by atoms with Crippen LogP contribution in [0, 0.1) is 0 Å². The molecule has 0 saturated heterocycles. The molecular formula is C21H21NO3. The van der Waals surface area contributed by atoms with Crippen molar-refractivity contribution in [1.82, 2.24) is 4.90 Å². The number of carbonyl (C=O) groups is 1. The first kappa shape index (κ1) is 15.8. The largest absolute Gasteiger partial charge is 0.467 e. The molecule has 0 bridgehead atoms. The first-order valence-corrected chi connectivity index (χ1v) is 8.77. The molecule has 3 aromatic rings. The van der Waals surface area contributed by atoms with Crippen LogP contribution in [0.1, 0.15) is 36.8 Å². The highest BCUT2D eigenvalue weighted by molar-refractivity contribution is 5.96. The van der Waals surface area contributed by atoms with E-state index in [1.807, 2.05) is 47.4 Å². The summed E-state index contributed by atoms with van der Waals surface area (Å²) in [5.41, 5.74) is 1.86. The Morgan fingerprint density at radius 2 is 2.08 bits per heavy atom. The number of para-hydroxylation sites is 1. The second kappa shape index (κ2) is 6.63. The Labute approximate surface area is 146 Å². The van der Waals surface area contributed by atoms with Gasteiger partial charge in [0.15, 0.2) is 0 Å². The summed E-state index contributed by atoms with van der Waals surface area (Å²) in [4.78, 5) is 14.6. The molecule has 4 heteroatoms. The Morgan fingerprint density at radius 1 is 1.24 bits per heavy atom. The highest BCUT2D eigenvalue weighted by atomic mass is 16.3. The zero-order valence-corrected chi connectivity index (χ0v) is 14.3. The molecular weight excluding hydrogens is 314 g/mol. The first-order chi connectivity index (χ1) is 12.3. The average Bonchev–Trinajstić information content (AvgIpc) is 3.22. The summed E-state index contributed by atoms with van der Waals surface area (Å²) in [5, 5.41) is 1.05. The normalized spacial score (nSPS) is 14.4. The Balaban J connectivity index is 1.59. The molecule has 25 heavy (non-hydrogen) atoms. The number of carbonyl (C=O) groups excluding carboxylic acids is 1. The smallest absolute Gasteiger partial charge is 0.247 e. The summed E-state index contributed by atoms with van der Waals surface area (Å²) in [7, 11) is 0. The van der Waals surface area contributed by atoms with Gasteiger partial charge in [-0.25, -0.2) is 0 Å². The summed E-state index contributed by atoms with van der Waals surface area (Å²) < 4.78 is 11.3. The van der Waals surface area contributed by atoms with Gasteiger partial charge < -0.3 is 13.7 Å². The van der Waals surface area contributed by atoms with Crippen molar-refractivity contribution >= 4 is 23.0 Å². The van der Waals surface area contributed by atoms with Gasteiger partial charge in [0, 0.05) is 29.5 Å². The van der Waals surface area contributed by atoms with E-state index >= 15 is 0 Å². The summed E-state index contributed by atoms with van der Waals surface area (Å²) in [6.45, 7) is 2.58. The summed E-state index contributed by atoms with van der Waals surface area (Å²) in [6.07, 6.45) is 8.12. The van der Waals surface area contributed by atoms with Gasteiger partial charge >= 0.3 is 0 Å². The standard InChI is InChI=1S/C21H21NO3/c1-2-19-18(17-7-3-4-8-20(17)25-19)11-12-21(23)22(15-9-10-15)14-16-6-5-13-24-16/h3-8,11-13,15H,2,9-10,14H2,1H3/b12-11+. The Bertz CT molecular complexity index is 901. The lowest BCUT2D eigenvalue weighted by atomic mass is 10.1. The second-order valence-electron chi connectivity index (χ2n) is 6.40. The van der Waals surface area contributed by atoms with E-state index in [4.69, 9.17) is 8.83 Å². The van der Waals surface area contributed by atoms with Crippen molar-refractivity contribution < 1.29 is 13.6 Å². The van der Waals surface area contributed by atoms with Crippen LogP contribution >= 0.6 is 0 Å². The molecule has 1 saturated carbocycles. The molecule has 128 valence electrons. The Kier molecular flexibility index (Phi) is 4.18. The fourth-order valence-corrected chi connectivity index (χ4v) is 3.16. The number of nitrogens with zero attached hydrogens (tertiary/aromatic N) is 1. The minimum Gasteiger partial charge on any atom is -0.467 e. The third kappa shape index (κ3) is 3.25. The average molecular weight is 335 g/mol. The maximum absolute atomic E-state index is 12.7.